The van der Waals surface area contributed by atoms with E-state index in [1.807, 2.05) is 0 Å². The average molecular weight is 198 g/mol. The standard InChI is InChI=1S/C8H14N4O2/c9-5-1-7(10)8(11-2-5)12-6(3-13)4-14/h1-2,6,13-14H,3-4,9-10H2,(H,11,12). The first-order valence-electron chi connectivity index (χ1n) is 4.16. The van der Waals surface area contributed by atoms with E-state index in [1.54, 1.807) is 6.07 Å². The lowest BCUT2D eigenvalue weighted by atomic mass is 10.3. The average Bonchev–Trinajstić information content (AvgIpc) is 2.17. The summed E-state index contributed by atoms with van der Waals surface area (Å²) in [5.74, 6) is 0.410. The van der Waals surface area contributed by atoms with Gasteiger partial charge in [-0.05, 0) is 6.07 Å². The van der Waals surface area contributed by atoms with E-state index in [-0.39, 0.29) is 13.2 Å². The number of rotatable bonds is 4. The highest BCUT2D eigenvalue weighted by Crippen LogP contribution is 2.17. The van der Waals surface area contributed by atoms with Crippen molar-refractivity contribution in [3.05, 3.63) is 12.3 Å². The Morgan fingerprint density at radius 1 is 1.36 bits per heavy atom. The quantitative estimate of drug-likeness (QED) is 0.424. The minimum absolute atomic E-state index is 0.192. The Morgan fingerprint density at radius 3 is 2.50 bits per heavy atom. The summed E-state index contributed by atoms with van der Waals surface area (Å²) in [6.07, 6.45) is 1.45. The van der Waals surface area contributed by atoms with Gasteiger partial charge in [0.25, 0.3) is 0 Å². The summed E-state index contributed by atoms with van der Waals surface area (Å²) in [6, 6.07) is 1.09. The summed E-state index contributed by atoms with van der Waals surface area (Å²) in [6.45, 7) is -0.385. The second kappa shape index (κ2) is 4.64. The first kappa shape index (κ1) is 10.6. The third-order valence-corrected chi connectivity index (χ3v) is 1.72. The predicted octanol–water partition coefficient (Wildman–Crippen LogP) is -0.989. The van der Waals surface area contributed by atoms with E-state index in [0.717, 1.165) is 0 Å². The largest absolute Gasteiger partial charge is 0.397 e. The minimum atomic E-state index is -0.464. The van der Waals surface area contributed by atoms with Crippen LogP contribution >= 0.6 is 0 Å². The summed E-state index contributed by atoms with van der Waals surface area (Å²) >= 11 is 0. The van der Waals surface area contributed by atoms with Gasteiger partial charge < -0.3 is 27.0 Å². The molecule has 0 saturated carbocycles. The van der Waals surface area contributed by atoms with Crippen LogP contribution in [-0.4, -0.2) is 34.5 Å². The van der Waals surface area contributed by atoms with Crippen molar-refractivity contribution >= 4 is 17.2 Å². The lowest BCUT2D eigenvalue weighted by Gasteiger charge is -2.15. The molecule has 1 aromatic heterocycles. The highest BCUT2D eigenvalue weighted by atomic mass is 16.3. The first-order valence-corrected chi connectivity index (χ1v) is 4.16. The van der Waals surface area contributed by atoms with Gasteiger partial charge >= 0.3 is 0 Å². The van der Waals surface area contributed by atoms with Crippen LogP contribution in [0.25, 0.3) is 0 Å². The van der Waals surface area contributed by atoms with Crippen LogP contribution in [0.2, 0.25) is 0 Å². The van der Waals surface area contributed by atoms with Gasteiger partial charge in [0, 0.05) is 0 Å². The van der Waals surface area contributed by atoms with Gasteiger partial charge in [-0.2, -0.15) is 0 Å². The summed E-state index contributed by atoms with van der Waals surface area (Å²) in [4.78, 5) is 3.93. The third kappa shape index (κ3) is 2.48. The van der Waals surface area contributed by atoms with Gasteiger partial charge in [-0.1, -0.05) is 0 Å². The van der Waals surface area contributed by atoms with E-state index in [1.165, 1.54) is 6.20 Å². The lowest BCUT2D eigenvalue weighted by molar-refractivity contribution is 0.203. The normalized spacial score (nSPS) is 10.5. The van der Waals surface area contributed by atoms with E-state index < -0.39 is 6.04 Å². The van der Waals surface area contributed by atoms with Crippen LogP contribution in [0.3, 0.4) is 0 Å². The summed E-state index contributed by atoms with van der Waals surface area (Å²) < 4.78 is 0. The molecule has 7 N–H and O–H groups in total. The van der Waals surface area contributed by atoms with Crippen molar-refractivity contribution in [2.45, 2.75) is 6.04 Å². The van der Waals surface area contributed by atoms with E-state index in [4.69, 9.17) is 21.7 Å². The van der Waals surface area contributed by atoms with E-state index in [9.17, 15) is 0 Å². The van der Waals surface area contributed by atoms with Crippen molar-refractivity contribution < 1.29 is 10.2 Å². The third-order valence-electron chi connectivity index (χ3n) is 1.72. The van der Waals surface area contributed by atoms with E-state index in [2.05, 4.69) is 10.3 Å². The molecule has 0 saturated heterocycles. The second-order valence-electron chi connectivity index (χ2n) is 2.91. The van der Waals surface area contributed by atoms with Crippen LogP contribution in [0, 0.1) is 0 Å². The summed E-state index contributed by atoms with van der Waals surface area (Å²) in [5, 5.41) is 20.4. The molecule has 1 heterocycles. The van der Waals surface area contributed by atoms with Gasteiger partial charge in [-0.25, -0.2) is 4.98 Å². The molecule has 1 aromatic rings. The maximum absolute atomic E-state index is 8.82. The molecule has 6 nitrogen and oxygen atoms in total. The topological polar surface area (TPSA) is 117 Å². The Morgan fingerprint density at radius 2 is 2.00 bits per heavy atom. The van der Waals surface area contributed by atoms with Crippen LogP contribution in [0.1, 0.15) is 0 Å². The number of anilines is 3. The van der Waals surface area contributed by atoms with Gasteiger partial charge in [0.05, 0.1) is 36.8 Å². The molecule has 0 spiro atoms. The molecule has 0 aliphatic carbocycles. The molecule has 0 amide bonds. The van der Waals surface area contributed by atoms with Crippen molar-refractivity contribution in [2.75, 3.05) is 30.0 Å². The maximum Gasteiger partial charge on any atom is 0.149 e. The molecule has 14 heavy (non-hydrogen) atoms. The fourth-order valence-electron chi connectivity index (χ4n) is 0.962. The fraction of sp³-hybridized carbons (Fsp3) is 0.375. The summed E-state index contributed by atoms with van der Waals surface area (Å²) in [5.41, 5.74) is 11.9. The Labute approximate surface area is 81.6 Å². The summed E-state index contributed by atoms with van der Waals surface area (Å²) in [7, 11) is 0. The number of aliphatic hydroxyl groups excluding tert-OH is 2. The Balaban J connectivity index is 2.76. The highest BCUT2D eigenvalue weighted by molar-refractivity contribution is 5.65. The molecule has 0 atom stereocenters. The lowest BCUT2D eigenvalue weighted by Crippen LogP contribution is -2.28. The molecule has 0 unspecified atom stereocenters. The van der Waals surface area contributed by atoms with Gasteiger partial charge in [0.15, 0.2) is 0 Å². The Kier molecular flexibility index (Phi) is 3.49. The molecule has 6 heteroatoms. The number of nitrogens with one attached hydrogen (secondary N) is 1. The molecule has 0 aromatic carbocycles. The molecule has 1 rings (SSSR count). The van der Waals surface area contributed by atoms with Crippen LogP contribution < -0.4 is 16.8 Å². The van der Waals surface area contributed by atoms with Crippen molar-refractivity contribution in [1.82, 2.24) is 4.98 Å². The van der Waals surface area contributed by atoms with Crippen LogP contribution in [0.15, 0.2) is 12.3 Å². The Bertz CT molecular complexity index is 301. The molecule has 0 fully saturated rings. The smallest absolute Gasteiger partial charge is 0.149 e. The highest BCUT2D eigenvalue weighted by Gasteiger charge is 2.08. The zero-order valence-electron chi connectivity index (χ0n) is 7.64. The number of aliphatic hydroxyl groups is 2. The van der Waals surface area contributed by atoms with E-state index >= 15 is 0 Å². The molecular formula is C8H14N4O2. The van der Waals surface area contributed by atoms with Gasteiger partial charge in [0.2, 0.25) is 0 Å². The molecule has 0 bridgehead atoms. The first-order chi connectivity index (χ1) is 6.67. The molecular weight excluding hydrogens is 184 g/mol. The SMILES string of the molecule is Nc1cnc(NC(CO)CO)c(N)c1. The zero-order valence-corrected chi connectivity index (χ0v) is 7.64. The maximum atomic E-state index is 8.82. The van der Waals surface area contributed by atoms with Crippen molar-refractivity contribution in [3.8, 4) is 0 Å². The number of nitrogens with zero attached hydrogens (tertiary/aromatic N) is 1. The van der Waals surface area contributed by atoms with E-state index in [0.29, 0.717) is 17.2 Å². The van der Waals surface area contributed by atoms with Crippen LogP contribution in [0.4, 0.5) is 17.2 Å². The van der Waals surface area contributed by atoms with Crippen LogP contribution in [0.5, 0.6) is 0 Å². The van der Waals surface area contributed by atoms with Gasteiger partial charge in [-0.15, -0.1) is 0 Å². The number of nitrogens with two attached hydrogens (primary N) is 2. The molecule has 0 aliphatic heterocycles. The van der Waals surface area contributed by atoms with Crippen molar-refractivity contribution in [2.24, 2.45) is 0 Å². The minimum Gasteiger partial charge on any atom is -0.397 e. The van der Waals surface area contributed by atoms with Gasteiger partial charge in [0.1, 0.15) is 5.82 Å². The zero-order chi connectivity index (χ0) is 10.6. The fourth-order valence-corrected chi connectivity index (χ4v) is 0.962. The van der Waals surface area contributed by atoms with Crippen LogP contribution in [-0.2, 0) is 0 Å². The number of nitrogen functional groups attached to an aromatic ring is 2. The number of hydrogen-bond acceptors (Lipinski definition) is 6. The van der Waals surface area contributed by atoms with Crippen molar-refractivity contribution in [3.63, 3.8) is 0 Å². The molecule has 0 aliphatic rings. The number of aromatic nitrogens is 1. The van der Waals surface area contributed by atoms with Gasteiger partial charge in [-0.3, -0.25) is 0 Å². The molecule has 78 valence electrons. The predicted molar refractivity (Wildman–Crippen MR) is 54.6 cm³/mol. The number of hydrogen-bond donors (Lipinski definition) is 5. The molecule has 0 radical (unpaired) electrons. The van der Waals surface area contributed by atoms with Crippen molar-refractivity contribution in [1.29, 1.82) is 0 Å². The number of pyridine rings is 1. The second-order valence-corrected chi connectivity index (χ2v) is 2.91. The monoisotopic (exact) mass is 198 g/mol. The Hall–Kier alpha value is -1.53.